The van der Waals surface area contributed by atoms with Gasteiger partial charge in [0.2, 0.25) is 0 Å². The lowest BCUT2D eigenvalue weighted by molar-refractivity contribution is -0.124. The van der Waals surface area contributed by atoms with Gasteiger partial charge in [-0.15, -0.1) is 0 Å². The molecule has 2 aromatic rings. The minimum Gasteiger partial charge on any atom is -0.493 e. The first-order valence-corrected chi connectivity index (χ1v) is 9.53. The van der Waals surface area contributed by atoms with Crippen LogP contribution in [0.25, 0.3) is 0 Å². The Hall–Kier alpha value is -3.35. The van der Waals surface area contributed by atoms with Crippen LogP contribution in [0.2, 0.25) is 0 Å². The molecule has 3 amide bonds. The zero-order valence-corrected chi connectivity index (χ0v) is 17.1. The van der Waals surface area contributed by atoms with Crippen molar-refractivity contribution in [2.24, 2.45) is 5.92 Å². The maximum Gasteiger partial charge on any atom is 0.269 e. The molecular weight excluding hydrogens is 370 g/mol. The maximum absolute atomic E-state index is 12.7. The van der Waals surface area contributed by atoms with Gasteiger partial charge in [0.1, 0.15) is 11.8 Å². The van der Waals surface area contributed by atoms with Crippen LogP contribution in [0, 0.1) is 12.8 Å². The van der Waals surface area contributed by atoms with E-state index < -0.39 is 23.8 Å². The standard InChI is InChI=1S/C22H27N3O4/c1-5-29-18-9-7-6-8-17(18)21(27)23-19(14(2)3)22(28)25-24-20(26)16-12-10-15(4)11-13-16/h6-14,19H,5H2,1-4H3,(H,23,27)(H,24,26)(H,25,28)/t19-/m0/s1. The lowest BCUT2D eigenvalue weighted by Gasteiger charge is -2.22. The van der Waals surface area contributed by atoms with Crippen LogP contribution >= 0.6 is 0 Å². The molecular formula is C22H27N3O4. The van der Waals surface area contributed by atoms with E-state index in [1.807, 2.05) is 26.0 Å². The summed E-state index contributed by atoms with van der Waals surface area (Å²) in [4.78, 5) is 37.5. The van der Waals surface area contributed by atoms with E-state index in [9.17, 15) is 14.4 Å². The minimum atomic E-state index is -0.837. The van der Waals surface area contributed by atoms with Crippen LogP contribution in [0.3, 0.4) is 0 Å². The third kappa shape index (κ3) is 6.07. The quantitative estimate of drug-likeness (QED) is 0.626. The van der Waals surface area contributed by atoms with Gasteiger partial charge in [-0.05, 0) is 44.0 Å². The molecule has 0 saturated heterocycles. The van der Waals surface area contributed by atoms with Gasteiger partial charge in [0.25, 0.3) is 17.7 Å². The Morgan fingerprint density at radius 2 is 1.59 bits per heavy atom. The molecule has 7 heteroatoms. The molecule has 29 heavy (non-hydrogen) atoms. The van der Waals surface area contributed by atoms with Crippen molar-refractivity contribution in [1.29, 1.82) is 0 Å². The number of ether oxygens (including phenoxy) is 1. The maximum atomic E-state index is 12.7. The van der Waals surface area contributed by atoms with Crippen molar-refractivity contribution in [3.8, 4) is 5.75 Å². The molecule has 0 aliphatic heterocycles. The number of para-hydroxylation sites is 1. The Kier molecular flexibility index (Phi) is 7.77. The summed E-state index contributed by atoms with van der Waals surface area (Å²) in [5, 5.41) is 2.72. The number of hydrogen-bond acceptors (Lipinski definition) is 4. The number of aryl methyl sites for hydroxylation is 1. The summed E-state index contributed by atoms with van der Waals surface area (Å²) in [5.74, 6) is -1.12. The Balaban J connectivity index is 2.03. The summed E-state index contributed by atoms with van der Waals surface area (Å²) in [6.07, 6.45) is 0. The molecule has 0 fully saturated rings. The molecule has 0 bridgehead atoms. The van der Waals surface area contributed by atoms with Crippen LogP contribution in [0.1, 0.15) is 47.1 Å². The molecule has 7 nitrogen and oxygen atoms in total. The van der Waals surface area contributed by atoms with Crippen molar-refractivity contribution in [1.82, 2.24) is 16.2 Å². The molecule has 2 aromatic carbocycles. The van der Waals surface area contributed by atoms with E-state index >= 15 is 0 Å². The van der Waals surface area contributed by atoms with Gasteiger partial charge in [-0.3, -0.25) is 25.2 Å². The van der Waals surface area contributed by atoms with E-state index in [1.165, 1.54) is 0 Å². The van der Waals surface area contributed by atoms with Crippen LogP contribution in [0.15, 0.2) is 48.5 Å². The highest BCUT2D eigenvalue weighted by Crippen LogP contribution is 2.18. The molecule has 0 spiro atoms. The van der Waals surface area contributed by atoms with Gasteiger partial charge in [-0.2, -0.15) is 0 Å². The van der Waals surface area contributed by atoms with Crippen molar-refractivity contribution >= 4 is 17.7 Å². The largest absolute Gasteiger partial charge is 0.493 e. The summed E-state index contributed by atoms with van der Waals surface area (Å²) < 4.78 is 5.48. The molecule has 0 heterocycles. The first kappa shape index (κ1) is 21.9. The summed E-state index contributed by atoms with van der Waals surface area (Å²) in [6, 6.07) is 13.0. The van der Waals surface area contributed by atoms with Crippen LogP contribution in [-0.2, 0) is 4.79 Å². The summed E-state index contributed by atoms with van der Waals surface area (Å²) >= 11 is 0. The molecule has 3 N–H and O–H groups in total. The van der Waals surface area contributed by atoms with E-state index in [0.29, 0.717) is 23.5 Å². The number of carbonyl (C=O) groups excluding carboxylic acids is 3. The van der Waals surface area contributed by atoms with Gasteiger partial charge in [-0.1, -0.05) is 43.7 Å². The van der Waals surface area contributed by atoms with Crippen molar-refractivity contribution < 1.29 is 19.1 Å². The van der Waals surface area contributed by atoms with Gasteiger partial charge in [0.15, 0.2) is 0 Å². The highest BCUT2D eigenvalue weighted by molar-refractivity contribution is 6.00. The van der Waals surface area contributed by atoms with E-state index in [4.69, 9.17) is 4.74 Å². The van der Waals surface area contributed by atoms with E-state index in [-0.39, 0.29) is 5.92 Å². The number of benzene rings is 2. The number of nitrogens with one attached hydrogen (secondary N) is 3. The molecule has 0 radical (unpaired) electrons. The Morgan fingerprint density at radius 1 is 0.931 bits per heavy atom. The molecule has 0 unspecified atom stereocenters. The Labute approximate surface area is 170 Å². The second kappa shape index (κ2) is 10.3. The van der Waals surface area contributed by atoms with Gasteiger partial charge < -0.3 is 10.1 Å². The third-order valence-corrected chi connectivity index (χ3v) is 4.28. The van der Waals surface area contributed by atoms with Gasteiger partial charge in [0.05, 0.1) is 12.2 Å². The fourth-order valence-electron chi connectivity index (χ4n) is 2.66. The molecule has 1 atom stereocenters. The predicted octanol–water partition coefficient (Wildman–Crippen LogP) is 2.61. The monoisotopic (exact) mass is 397 g/mol. The lowest BCUT2D eigenvalue weighted by atomic mass is 10.0. The number of hydrazine groups is 1. The van der Waals surface area contributed by atoms with E-state index in [1.54, 1.807) is 50.2 Å². The topological polar surface area (TPSA) is 96.5 Å². The molecule has 0 aliphatic carbocycles. The number of carbonyl (C=O) groups is 3. The van der Waals surface area contributed by atoms with Crippen molar-refractivity contribution in [2.75, 3.05) is 6.61 Å². The lowest BCUT2D eigenvalue weighted by Crippen LogP contribution is -2.54. The molecule has 0 aliphatic rings. The second-order valence-electron chi connectivity index (χ2n) is 6.93. The summed E-state index contributed by atoms with van der Waals surface area (Å²) in [5.41, 5.74) is 6.57. The molecule has 2 rings (SSSR count). The van der Waals surface area contributed by atoms with Crippen LogP contribution in [0.4, 0.5) is 0 Å². The van der Waals surface area contributed by atoms with Gasteiger partial charge in [-0.25, -0.2) is 0 Å². The molecule has 154 valence electrons. The van der Waals surface area contributed by atoms with Crippen molar-refractivity contribution in [3.63, 3.8) is 0 Å². The highest BCUT2D eigenvalue weighted by atomic mass is 16.5. The summed E-state index contributed by atoms with van der Waals surface area (Å²) in [6.45, 7) is 7.78. The molecule has 0 aromatic heterocycles. The van der Waals surface area contributed by atoms with Crippen LogP contribution < -0.4 is 20.9 Å². The van der Waals surface area contributed by atoms with E-state index in [0.717, 1.165) is 5.56 Å². The van der Waals surface area contributed by atoms with Crippen molar-refractivity contribution in [3.05, 3.63) is 65.2 Å². The smallest absolute Gasteiger partial charge is 0.269 e. The van der Waals surface area contributed by atoms with Gasteiger partial charge in [0, 0.05) is 5.56 Å². The highest BCUT2D eigenvalue weighted by Gasteiger charge is 2.26. The SMILES string of the molecule is CCOc1ccccc1C(=O)N[C@H](C(=O)NNC(=O)c1ccc(C)cc1)C(C)C. The normalized spacial score (nSPS) is 11.5. The zero-order valence-electron chi connectivity index (χ0n) is 17.1. The predicted molar refractivity (Wildman–Crippen MR) is 110 cm³/mol. The third-order valence-electron chi connectivity index (χ3n) is 4.28. The average Bonchev–Trinajstić information content (AvgIpc) is 2.70. The number of hydrogen-bond donors (Lipinski definition) is 3. The average molecular weight is 397 g/mol. The number of rotatable bonds is 7. The second-order valence-corrected chi connectivity index (χ2v) is 6.93. The van der Waals surface area contributed by atoms with Crippen LogP contribution in [-0.4, -0.2) is 30.4 Å². The number of amides is 3. The fourth-order valence-corrected chi connectivity index (χ4v) is 2.66. The molecule has 0 saturated carbocycles. The first-order chi connectivity index (χ1) is 13.8. The Morgan fingerprint density at radius 3 is 2.21 bits per heavy atom. The van der Waals surface area contributed by atoms with Gasteiger partial charge >= 0.3 is 0 Å². The Bertz CT molecular complexity index is 863. The summed E-state index contributed by atoms with van der Waals surface area (Å²) in [7, 11) is 0. The van der Waals surface area contributed by atoms with Crippen molar-refractivity contribution in [2.45, 2.75) is 33.7 Å². The zero-order chi connectivity index (χ0) is 21.4. The van der Waals surface area contributed by atoms with E-state index in [2.05, 4.69) is 16.2 Å². The fraction of sp³-hybridized carbons (Fsp3) is 0.318. The van der Waals surface area contributed by atoms with Crippen LogP contribution in [0.5, 0.6) is 5.75 Å². The first-order valence-electron chi connectivity index (χ1n) is 9.53. The minimum absolute atomic E-state index is 0.200.